The molecule has 0 aliphatic carbocycles. The summed E-state index contributed by atoms with van der Waals surface area (Å²) in [5, 5.41) is 2.54. The fourth-order valence-electron chi connectivity index (χ4n) is 1.08. The maximum Gasteiger partial charge on any atom is 0.332 e. The first-order valence-electron chi connectivity index (χ1n) is 5.90. The van der Waals surface area contributed by atoms with Gasteiger partial charge < -0.3 is 25.3 Å². The number of carbonyl (C=O) groups excluding carboxylic acids is 2. The third kappa shape index (κ3) is 7.99. The van der Waals surface area contributed by atoms with Crippen molar-refractivity contribution in [3.8, 4) is 0 Å². The van der Waals surface area contributed by atoms with Gasteiger partial charge in [-0.1, -0.05) is 0 Å². The molecule has 0 radical (unpaired) electrons. The summed E-state index contributed by atoms with van der Waals surface area (Å²) in [6.07, 6.45) is 0.644. The third-order valence-corrected chi connectivity index (χ3v) is 2.02. The zero-order chi connectivity index (χ0) is 13.8. The van der Waals surface area contributed by atoms with Crippen LogP contribution in [0.1, 0.15) is 13.3 Å². The van der Waals surface area contributed by atoms with E-state index in [1.807, 2.05) is 0 Å². The van der Waals surface area contributed by atoms with Crippen LogP contribution in [-0.4, -0.2) is 58.0 Å². The molecule has 0 rings (SSSR count). The minimum Gasteiger partial charge on any atom is -0.464 e. The molecule has 0 spiro atoms. The molecule has 0 bridgehead atoms. The topological polar surface area (TPSA) is 99.9 Å². The van der Waals surface area contributed by atoms with E-state index in [0.717, 1.165) is 0 Å². The normalized spacial score (nSPS) is 11.9. The summed E-state index contributed by atoms with van der Waals surface area (Å²) in [4.78, 5) is 22.5. The summed E-state index contributed by atoms with van der Waals surface area (Å²) in [7, 11) is 1.60. The first-order valence-corrected chi connectivity index (χ1v) is 5.90. The SMILES string of the molecule is CCOC(=O)C(N)C(=O)NCCCOCCOC. The van der Waals surface area contributed by atoms with Crippen molar-refractivity contribution in [3.63, 3.8) is 0 Å². The molecule has 3 N–H and O–H groups in total. The highest BCUT2D eigenvalue weighted by atomic mass is 16.5. The van der Waals surface area contributed by atoms with Crippen LogP contribution in [0.3, 0.4) is 0 Å². The second kappa shape index (κ2) is 10.9. The number of methoxy groups -OCH3 is 1. The second-order valence-corrected chi connectivity index (χ2v) is 3.48. The summed E-state index contributed by atoms with van der Waals surface area (Å²) in [5.74, 6) is -1.25. The van der Waals surface area contributed by atoms with Gasteiger partial charge in [0.1, 0.15) is 0 Å². The Bertz CT molecular complexity index is 248. The monoisotopic (exact) mass is 262 g/mol. The average Bonchev–Trinajstić information content (AvgIpc) is 2.36. The summed E-state index contributed by atoms with van der Waals surface area (Å²) < 4.78 is 14.6. The van der Waals surface area contributed by atoms with Gasteiger partial charge in [-0.05, 0) is 13.3 Å². The molecule has 106 valence electrons. The molecule has 0 aromatic heterocycles. The van der Waals surface area contributed by atoms with Gasteiger partial charge in [-0.3, -0.25) is 4.79 Å². The van der Waals surface area contributed by atoms with Crippen molar-refractivity contribution < 1.29 is 23.8 Å². The van der Waals surface area contributed by atoms with E-state index in [9.17, 15) is 9.59 Å². The lowest BCUT2D eigenvalue weighted by Gasteiger charge is -2.11. The van der Waals surface area contributed by atoms with Crippen molar-refractivity contribution in [1.29, 1.82) is 0 Å². The van der Waals surface area contributed by atoms with Crippen LogP contribution >= 0.6 is 0 Å². The van der Waals surface area contributed by atoms with Gasteiger partial charge in [-0.25, -0.2) is 4.79 Å². The Labute approximate surface area is 107 Å². The molecule has 7 nitrogen and oxygen atoms in total. The van der Waals surface area contributed by atoms with Crippen LogP contribution in [0.4, 0.5) is 0 Å². The number of amides is 1. The van der Waals surface area contributed by atoms with E-state index in [1.165, 1.54) is 0 Å². The maximum atomic E-state index is 11.4. The molecule has 1 amide bonds. The van der Waals surface area contributed by atoms with Crippen molar-refractivity contribution in [2.45, 2.75) is 19.4 Å². The average molecular weight is 262 g/mol. The van der Waals surface area contributed by atoms with E-state index in [1.54, 1.807) is 14.0 Å². The lowest BCUT2D eigenvalue weighted by Crippen LogP contribution is -2.47. The van der Waals surface area contributed by atoms with Crippen molar-refractivity contribution >= 4 is 11.9 Å². The lowest BCUT2D eigenvalue weighted by atomic mass is 10.3. The van der Waals surface area contributed by atoms with Gasteiger partial charge in [-0.15, -0.1) is 0 Å². The summed E-state index contributed by atoms with van der Waals surface area (Å²) >= 11 is 0. The quantitative estimate of drug-likeness (QED) is 0.299. The van der Waals surface area contributed by atoms with Crippen LogP contribution in [0.25, 0.3) is 0 Å². The molecule has 0 fully saturated rings. The van der Waals surface area contributed by atoms with Crippen molar-refractivity contribution in [3.05, 3.63) is 0 Å². The number of esters is 1. The fraction of sp³-hybridized carbons (Fsp3) is 0.818. The molecular formula is C11H22N2O5. The van der Waals surface area contributed by atoms with Gasteiger partial charge in [0.15, 0.2) is 6.04 Å². The molecule has 0 aliphatic heterocycles. The summed E-state index contributed by atoms with van der Waals surface area (Å²) in [6, 6.07) is -1.26. The molecule has 0 saturated heterocycles. The largest absolute Gasteiger partial charge is 0.464 e. The van der Waals surface area contributed by atoms with Crippen LogP contribution in [0.5, 0.6) is 0 Å². The van der Waals surface area contributed by atoms with Crippen molar-refractivity contribution in [1.82, 2.24) is 5.32 Å². The fourth-order valence-corrected chi connectivity index (χ4v) is 1.08. The third-order valence-electron chi connectivity index (χ3n) is 2.02. The Morgan fingerprint density at radius 2 is 2.00 bits per heavy atom. The number of nitrogens with two attached hydrogens (primary N) is 1. The van der Waals surface area contributed by atoms with Crippen molar-refractivity contribution in [2.24, 2.45) is 5.73 Å². The van der Waals surface area contributed by atoms with Gasteiger partial charge in [0.2, 0.25) is 5.91 Å². The van der Waals surface area contributed by atoms with Crippen LogP contribution in [0.2, 0.25) is 0 Å². The summed E-state index contributed by atoms with van der Waals surface area (Å²) in [5.41, 5.74) is 5.39. The van der Waals surface area contributed by atoms with E-state index in [-0.39, 0.29) is 6.61 Å². The maximum absolute atomic E-state index is 11.4. The minimum atomic E-state index is -1.26. The molecule has 0 aromatic carbocycles. The summed E-state index contributed by atoms with van der Waals surface area (Å²) in [6.45, 7) is 3.83. The Kier molecular flexibility index (Phi) is 10.2. The molecule has 18 heavy (non-hydrogen) atoms. The first-order chi connectivity index (χ1) is 8.63. The van der Waals surface area contributed by atoms with Gasteiger partial charge >= 0.3 is 5.97 Å². The molecular weight excluding hydrogens is 240 g/mol. The van der Waals surface area contributed by atoms with Crippen LogP contribution in [-0.2, 0) is 23.8 Å². The van der Waals surface area contributed by atoms with Crippen molar-refractivity contribution in [2.75, 3.05) is 40.1 Å². The number of nitrogens with one attached hydrogen (secondary N) is 1. The van der Waals surface area contributed by atoms with E-state index in [2.05, 4.69) is 10.1 Å². The number of hydrogen-bond donors (Lipinski definition) is 2. The van der Waals surface area contributed by atoms with Crippen LogP contribution in [0, 0.1) is 0 Å². The molecule has 7 heteroatoms. The van der Waals surface area contributed by atoms with Gasteiger partial charge in [-0.2, -0.15) is 0 Å². The zero-order valence-electron chi connectivity index (χ0n) is 10.9. The van der Waals surface area contributed by atoms with Gasteiger partial charge in [0.05, 0.1) is 19.8 Å². The Morgan fingerprint density at radius 1 is 1.28 bits per heavy atom. The van der Waals surface area contributed by atoms with Crippen LogP contribution < -0.4 is 11.1 Å². The molecule has 0 aliphatic rings. The molecule has 0 aromatic rings. The number of ether oxygens (including phenoxy) is 3. The predicted octanol–water partition coefficient (Wildman–Crippen LogP) is -0.954. The van der Waals surface area contributed by atoms with E-state index < -0.39 is 17.9 Å². The highest BCUT2D eigenvalue weighted by Crippen LogP contribution is 1.87. The highest BCUT2D eigenvalue weighted by molar-refractivity contribution is 6.01. The van der Waals surface area contributed by atoms with E-state index in [0.29, 0.717) is 32.8 Å². The predicted molar refractivity (Wildman–Crippen MR) is 64.9 cm³/mol. The highest BCUT2D eigenvalue weighted by Gasteiger charge is 2.22. The zero-order valence-corrected chi connectivity index (χ0v) is 10.9. The van der Waals surface area contributed by atoms with E-state index in [4.69, 9.17) is 15.2 Å². The molecule has 1 atom stereocenters. The second-order valence-electron chi connectivity index (χ2n) is 3.48. The standard InChI is InChI=1S/C11H22N2O5/c1-3-18-11(15)9(12)10(14)13-5-4-6-17-8-7-16-2/h9H,3-8,12H2,1-2H3,(H,13,14). The van der Waals surface area contributed by atoms with Gasteiger partial charge in [0, 0.05) is 20.3 Å². The lowest BCUT2D eigenvalue weighted by molar-refractivity contribution is -0.147. The Hall–Kier alpha value is -1.18. The first kappa shape index (κ1) is 16.8. The van der Waals surface area contributed by atoms with Gasteiger partial charge in [0.25, 0.3) is 0 Å². The van der Waals surface area contributed by atoms with Crippen LogP contribution in [0.15, 0.2) is 0 Å². The Balaban J connectivity index is 3.55. The minimum absolute atomic E-state index is 0.202. The number of hydrogen-bond acceptors (Lipinski definition) is 6. The smallest absolute Gasteiger partial charge is 0.332 e. The number of rotatable bonds is 10. The number of carbonyl (C=O) groups is 2. The molecule has 0 heterocycles. The van der Waals surface area contributed by atoms with E-state index >= 15 is 0 Å². The Morgan fingerprint density at radius 3 is 2.61 bits per heavy atom. The molecule has 0 saturated carbocycles. The molecule has 1 unspecified atom stereocenters.